The number of nitrogens with one attached hydrogen (secondary N) is 4. The van der Waals surface area contributed by atoms with E-state index in [1.165, 1.54) is 34.6 Å². The molecule has 5 atom stereocenters. The van der Waals surface area contributed by atoms with Crippen LogP contribution in [0.2, 0.25) is 0 Å². The number of anilines is 1. The molecule has 1 aromatic carbocycles. The van der Waals surface area contributed by atoms with Crippen molar-refractivity contribution in [2.75, 3.05) is 19.0 Å². The van der Waals surface area contributed by atoms with E-state index in [4.69, 9.17) is 24.2 Å². The first-order valence-corrected chi connectivity index (χ1v) is 24.3. The average Bonchev–Trinajstić information content (AvgIpc) is 3.70. The molecule has 2 aliphatic heterocycles. The first kappa shape index (κ1) is 44.8. The number of hydrogen-bond donors (Lipinski definition) is 4. The van der Waals surface area contributed by atoms with Gasteiger partial charge in [0.05, 0.1) is 24.9 Å². The Kier molecular flexibility index (Phi) is 13.4. The number of methoxy groups -OCH3 is 1. The fraction of sp³-hybridized carbons (Fsp3) is 0.489. The molecule has 1 saturated heterocycles. The first-order valence-electron chi connectivity index (χ1n) is 21.9. The maximum absolute atomic E-state index is 14.8. The molecule has 4 N–H and O–H groups in total. The van der Waals surface area contributed by atoms with Gasteiger partial charge in [0, 0.05) is 53.7 Å². The minimum atomic E-state index is -4.35. The molecular weight excluding hydrogens is 861 g/mol. The van der Waals surface area contributed by atoms with Crippen LogP contribution in [0.1, 0.15) is 84.5 Å². The van der Waals surface area contributed by atoms with Crippen molar-refractivity contribution < 1.29 is 41.8 Å². The van der Waals surface area contributed by atoms with Gasteiger partial charge in [-0.2, -0.15) is 0 Å². The number of aromatic nitrogens is 3. The third-order valence-corrected chi connectivity index (χ3v) is 14.2. The molecule has 2 saturated carbocycles. The number of nitrogens with zero attached hydrogens (tertiary/aromatic N) is 4. The van der Waals surface area contributed by atoms with Gasteiger partial charge in [0.15, 0.2) is 5.13 Å². The summed E-state index contributed by atoms with van der Waals surface area (Å²) in [5.74, 6) is -1.55. The van der Waals surface area contributed by atoms with Gasteiger partial charge in [-0.25, -0.2) is 27.9 Å². The first-order chi connectivity index (χ1) is 30.8. The summed E-state index contributed by atoms with van der Waals surface area (Å²) in [6, 6.07) is 7.95. The number of allylic oxidation sites excluding steroid dienone is 1. The number of thiazole rings is 1. The van der Waals surface area contributed by atoms with Gasteiger partial charge in [0.2, 0.25) is 11.8 Å². The number of carbonyl (C=O) groups excluding carboxylic acids is 4. The fourth-order valence-corrected chi connectivity index (χ4v) is 10.5. The fourth-order valence-electron chi connectivity index (χ4n) is 8.69. The minimum Gasteiger partial charge on any atom is -0.497 e. The Hall–Kier alpha value is -5.82. The lowest BCUT2D eigenvalue weighted by atomic mass is 10.0. The van der Waals surface area contributed by atoms with Crippen molar-refractivity contribution >= 4 is 61.2 Å². The van der Waals surface area contributed by atoms with Crippen LogP contribution < -0.4 is 30.1 Å². The van der Waals surface area contributed by atoms with Crippen LogP contribution in [0.5, 0.6) is 11.5 Å². The molecule has 8 rings (SSSR count). The Morgan fingerprint density at radius 2 is 1.81 bits per heavy atom. The van der Waals surface area contributed by atoms with E-state index in [-0.39, 0.29) is 36.4 Å². The van der Waals surface area contributed by atoms with Crippen molar-refractivity contribution in [3.8, 4) is 22.9 Å². The number of rotatable bonds is 11. The molecule has 4 amide bonds. The van der Waals surface area contributed by atoms with Crippen LogP contribution in [0.15, 0.2) is 71.2 Å². The summed E-state index contributed by atoms with van der Waals surface area (Å²) in [7, 11) is -2.78. The van der Waals surface area contributed by atoms with Gasteiger partial charge in [0.1, 0.15) is 51.9 Å². The molecule has 4 aliphatic rings. The Bertz CT molecular complexity index is 2510. The number of carbonyl (C=O) groups is 4. The predicted molar refractivity (Wildman–Crippen MR) is 239 cm³/mol. The zero-order chi connectivity index (χ0) is 45.0. The minimum absolute atomic E-state index is 0.0114. The smallest absolute Gasteiger partial charge is 0.408 e. The monoisotopic (exact) mass is 914 g/mol. The Balaban J connectivity index is 1.12. The average molecular weight is 915 g/mol. The largest absolute Gasteiger partial charge is 0.497 e. The number of fused-ring (bicyclic) bond motifs is 3. The molecule has 2 aliphatic carbocycles. The molecule has 17 nitrogen and oxygen atoms in total. The van der Waals surface area contributed by atoms with Crippen LogP contribution in [0, 0.1) is 5.92 Å². The summed E-state index contributed by atoms with van der Waals surface area (Å²) in [5.41, 5.74) is 0.118. The Morgan fingerprint density at radius 3 is 2.58 bits per heavy atom. The molecule has 3 aromatic heterocycles. The second-order valence-electron chi connectivity index (χ2n) is 17.2. The summed E-state index contributed by atoms with van der Waals surface area (Å²) in [5, 5.41) is 12.3. The van der Waals surface area contributed by atoms with E-state index in [1.54, 1.807) is 25.3 Å². The lowest BCUT2D eigenvalue weighted by Crippen LogP contribution is -2.58. The molecule has 64 heavy (non-hydrogen) atoms. The molecule has 0 radical (unpaired) electrons. The highest BCUT2D eigenvalue weighted by molar-refractivity contribution is 7.90. The van der Waals surface area contributed by atoms with Crippen molar-refractivity contribution in [2.45, 2.75) is 125 Å². The summed E-state index contributed by atoms with van der Waals surface area (Å²) in [4.78, 5) is 71.7. The third kappa shape index (κ3) is 10.1. The normalized spacial score (nSPS) is 24.7. The van der Waals surface area contributed by atoms with E-state index in [0.29, 0.717) is 53.1 Å². The lowest BCUT2D eigenvalue weighted by Gasteiger charge is -2.30. The summed E-state index contributed by atoms with van der Waals surface area (Å²) >= 11 is 1.45. The van der Waals surface area contributed by atoms with Crippen molar-refractivity contribution in [1.82, 2.24) is 35.2 Å². The van der Waals surface area contributed by atoms with Gasteiger partial charge in [-0.05, 0) is 89.5 Å². The number of alkyl carbamates (subject to hydrolysis) is 1. The number of amides is 4. The van der Waals surface area contributed by atoms with E-state index in [2.05, 4.69) is 25.7 Å². The molecule has 3 fully saturated rings. The van der Waals surface area contributed by atoms with Crippen molar-refractivity contribution in [1.29, 1.82) is 0 Å². The highest BCUT2D eigenvalue weighted by atomic mass is 32.2. The highest BCUT2D eigenvalue weighted by Gasteiger charge is 2.61. The van der Waals surface area contributed by atoms with E-state index in [1.807, 2.05) is 37.4 Å². The number of pyridine rings is 2. The molecule has 0 unspecified atom stereocenters. The topological polar surface area (TPSA) is 220 Å². The lowest BCUT2D eigenvalue weighted by molar-refractivity contribution is -0.141. The third-order valence-electron chi connectivity index (χ3n) is 12.1. The second kappa shape index (κ2) is 19.1. The molecular formula is C45H54N8O9S2. The van der Waals surface area contributed by atoms with Crippen LogP contribution in [-0.4, -0.2) is 102 Å². The van der Waals surface area contributed by atoms with Gasteiger partial charge < -0.3 is 35.1 Å². The van der Waals surface area contributed by atoms with Gasteiger partial charge in [0.25, 0.3) is 15.9 Å². The second-order valence-corrected chi connectivity index (χ2v) is 19.7. The SMILES string of the molecule is COc1ccc2c(O[C@@H]3C[C@H]4C(=O)N[C@]5(C(=O)NS(=O)(=O)c6cccnc6)C[C@H]5/C=C\CCCCC[C@H](NC(=O)OC5CCCC5)C(=O)N4C3)cc(-c3csc(NC(C)C)n3)nc2c1. The standard InChI is InChI=1S/C45H54N8O9S2/c1-27(2)47-43-49-37(26-63-43)36-22-39(33-18-17-30(60-3)20-35(33)48-36)61-31-21-38-40(54)51-45(42(56)52-64(58,59)32-15-11-19-46-24-32)23-28(45)12-7-5-4-6-8-16-34(41(55)53(38)25-31)50-44(57)62-29-13-9-10-14-29/h7,11-12,15,17-20,22,24,26-29,31,34,38H,4-6,8-10,13-14,16,21,23,25H2,1-3H3,(H,47,49)(H,50,57)(H,51,54)(H,52,56)/b12-7-/t28-,31-,34+,38+,45-/m1/s1. The zero-order valence-electron chi connectivity index (χ0n) is 36.1. The van der Waals surface area contributed by atoms with E-state index < -0.39 is 63.5 Å². The molecule has 0 spiro atoms. The number of benzene rings is 1. The zero-order valence-corrected chi connectivity index (χ0v) is 37.7. The number of sulfonamides is 1. The van der Waals surface area contributed by atoms with Gasteiger partial charge >= 0.3 is 6.09 Å². The van der Waals surface area contributed by atoms with Crippen LogP contribution in [-0.2, 0) is 29.1 Å². The van der Waals surface area contributed by atoms with Crippen molar-refractivity contribution in [2.24, 2.45) is 5.92 Å². The number of hydrogen-bond acceptors (Lipinski definition) is 14. The summed E-state index contributed by atoms with van der Waals surface area (Å²) in [6.45, 7) is 4.01. The van der Waals surface area contributed by atoms with E-state index in [9.17, 15) is 27.6 Å². The molecule has 5 heterocycles. The molecule has 19 heteroatoms. The van der Waals surface area contributed by atoms with Crippen LogP contribution in [0.25, 0.3) is 22.3 Å². The van der Waals surface area contributed by atoms with E-state index >= 15 is 0 Å². The maximum atomic E-state index is 14.8. The van der Waals surface area contributed by atoms with Crippen LogP contribution in [0.3, 0.4) is 0 Å². The van der Waals surface area contributed by atoms with Crippen LogP contribution >= 0.6 is 11.3 Å². The quantitative estimate of drug-likeness (QED) is 0.130. The maximum Gasteiger partial charge on any atom is 0.408 e. The number of ether oxygens (including phenoxy) is 3. The predicted octanol–water partition coefficient (Wildman–Crippen LogP) is 5.87. The Morgan fingerprint density at radius 1 is 1.00 bits per heavy atom. The van der Waals surface area contributed by atoms with Crippen molar-refractivity contribution in [3.63, 3.8) is 0 Å². The Labute approximate surface area is 376 Å². The van der Waals surface area contributed by atoms with Gasteiger partial charge in [-0.3, -0.25) is 19.4 Å². The molecule has 0 bridgehead atoms. The molecule has 340 valence electrons. The van der Waals surface area contributed by atoms with Crippen LogP contribution in [0.4, 0.5) is 9.93 Å². The van der Waals surface area contributed by atoms with Gasteiger partial charge in [-0.15, -0.1) is 11.3 Å². The summed E-state index contributed by atoms with van der Waals surface area (Å²) < 4.78 is 46.9. The summed E-state index contributed by atoms with van der Waals surface area (Å²) in [6.07, 6.45) is 11.3. The van der Waals surface area contributed by atoms with Gasteiger partial charge in [-0.1, -0.05) is 25.0 Å². The van der Waals surface area contributed by atoms with E-state index in [0.717, 1.165) is 49.9 Å². The highest BCUT2D eigenvalue weighted by Crippen LogP contribution is 2.46. The van der Waals surface area contributed by atoms with Crippen molar-refractivity contribution in [3.05, 3.63) is 66.3 Å². The molecule has 4 aromatic rings.